The molecule has 0 aromatic carbocycles. The van der Waals surface area contributed by atoms with Crippen molar-refractivity contribution in [2.45, 2.75) is 0 Å². The zero-order valence-electron chi connectivity index (χ0n) is 9.67. The van der Waals surface area contributed by atoms with Gasteiger partial charge in [-0.25, -0.2) is 0 Å². The molecule has 9 nitrogen and oxygen atoms in total. The van der Waals surface area contributed by atoms with Crippen LogP contribution in [0.4, 0.5) is 0 Å². The van der Waals surface area contributed by atoms with E-state index in [1.54, 1.807) is 0 Å². The minimum absolute atomic E-state index is 0. The Kier molecular flexibility index (Phi) is 15.4. The molecular weight excluding hydrogens is 390 g/mol. The van der Waals surface area contributed by atoms with Crippen LogP contribution in [0.1, 0.15) is 0 Å². The van der Waals surface area contributed by atoms with Crippen molar-refractivity contribution in [2.24, 2.45) is 0 Å². The molecule has 3 N–H and O–H groups in total. The summed E-state index contributed by atoms with van der Waals surface area (Å²) in [6.45, 7) is 0. The third-order valence-corrected chi connectivity index (χ3v) is 7.17. The van der Waals surface area contributed by atoms with Gasteiger partial charge in [-0.2, -0.15) is 25.3 Å². The second-order valence-corrected chi connectivity index (χ2v) is 10.7. The fourth-order valence-electron chi connectivity index (χ4n) is 0.976. The van der Waals surface area contributed by atoms with Crippen LogP contribution in [0.5, 0.6) is 0 Å². The molecule has 0 unspecified atom stereocenters. The first-order valence-electron chi connectivity index (χ1n) is 4.78. The molecule has 15 heteroatoms. The van der Waals surface area contributed by atoms with Gasteiger partial charge in [0, 0.05) is 0 Å². The third-order valence-electron chi connectivity index (χ3n) is 1.89. The molecule has 0 rings (SSSR count). The van der Waals surface area contributed by atoms with Gasteiger partial charge in [0.2, 0.25) is 0 Å². The van der Waals surface area contributed by atoms with Crippen LogP contribution in [-0.2, 0) is 41.2 Å². The Bertz CT molecular complexity index is 496. The molecule has 0 saturated heterocycles. The van der Waals surface area contributed by atoms with E-state index in [4.69, 9.17) is 13.7 Å². The summed E-state index contributed by atoms with van der Waals surface area (Å²) in [6, 6.07) is 0. The van der Waals surface area contributed by atoms with Gasteiger partial charge < -0.3 is 0 Å². The normalized spacial score (nSPS) is 12.6. The summed E-state index contributed by atoms with van der Waals surface area (Å²) in [7, 11) is -13.7. The SMILES string of the molecule is O=S(=O)(O)CC[S+](CCS(=O)(=O)O)CCS(=O)(=O)O.[NaH].[NaH]. The molecule has 0 radical (unpaired) electrons. The maximum atomic E-state index is 10.6. The molecule has 0 bridgehead atoms. The van der Waals surface area contributed by atoms with Crippen LogP contribution in [0.2, 0.25) is 0 Å². The van der Waals surface area contributed by atoms with Crippen molar-refractivity contribution in [1.82, 2.24) is 0 Å². The van der Waals surface area contributed by atoms with Crippen LogP contribution in [0, 0.1) is 0 Å². The molecule has 0 atom stereocenters. The van der Waals surface area contributed by atoms with Crippen molar-refractivity contribution < 1.29 is 38.9 Å². The molecular formula is C6H17Na2O9S4+. The van der Waals surface area contributed by atoms with Crippen molar-refractivity contribution in [3.8, 4) is 0 Å². The molecule has 0 amide bonds. The van der Waals surface area contributed by atoms with Crippen LogP contribution in [0.3, 0.4) is 0 Å². The summed E-state index contributed by atoms with van der Waals surface area (Å²) in [6.07, 6.45) is 0. The second kappa shape index (κ2) is 11.6. The Labute approximate surface area is 171 Å². The molecule has 0 saturated carbocycles. The van der Waals surface area contributed by atoms with E-state index in [0.717, 1.165) is 0 Å². The maximum absolute atomic E-state index is 10.6. The van der Waals surface area contributed by atoms with Crippen molar-refractivity contribution in [3.63, 3.8) is 0 Å². The summed E-state index contributed by atoms with van der Waals surface area (Å²) < 4.78 is 89.1. The fraction of sp³-hybridized carbons (Fsp3) is 1.00. The van der Waals surface area contributed by atoms with Crippen molar-refractivity contribution >= 4 is 100 Å². The van der Waals surface area contributed by atoms with E-state index in [2.05, 4.69) is 0 Å². The molecule has 0 fully saturated rings. The van der Waals surface area contributed by atoms with Gasteiger partial charge in [0.1, 0.15) is 34.5 Å². The van der Waals surface area contributed by atoms with Gasteiger partial charge in [0.05, 0.1) is 0 Å². The Morgan fingerprint density at radius 3 is 0.905 bits per heavy atom. The van der Waals surface area contributed by atoms with Gasteiger partial charge >= 0.3 is 59.1 Å². The van der Waals surface area contributed by atoms with Gasteiger partial charge in [-0.15, -0.1) is 0 Å². The second-order valence-electron chi connectivity index (χ2n) is 3.58. The standard InChI is InChI=1S/C6H14O9S4.2Na.2H/c7-17(8,9)4-1-16(2-5-18(10,11)12)3-6-19(13,14)15;;;;/h1-6H2,(H2-,7,8,9,10,11,12,13,14,15);;;;/p+1. The van der Waals surface area contributed by atoms with E-state index in [1.165, 1.54) is 0 Å². The van der Waals surface area contributed by atoms with Gasteiger partial charge in [-0.05, 0) is 10.9 Å². The van der Waals surface area contributed by atoms with Gasteiger partial charge in [-0.1, -0.05) is 0 Å². The Morgan fingerprint density at radius 2 is 0.762 bits per heavy atom. The van der Waals surface area contributed by atoms with Crippen LogP contribution in [0.25, 0.3) is 0 Å². The van der Waals surface area contributed by atoms with Crippen molar-refractivity contribution in [2.75, 3.05) is 34.5 Å². The van der Waals surface area contributed by atoms with Crippen molar-refractivity contribution in [1.29, 1.82) is 0 Å². The third kappa shape index (κ3) is 22.1. The van der Waals surface area contributed by atoms with Crippen LogP contribution in [0.15, 0.2) is 0 Å². The summed E-state index contributed by atoms with van der Waals surface area (Å²) in [5, 5.41) is 0. The monoisotopic (exact) mass is 407 g/mol. The minimum atomic E-state index is -4.24. The van der Waals surface area contributed by atoms with E-state index < -0.39 is 58.5 Å². The average molecular weight is 407 g/mol. The van der Waals surface area contributed by atoms with E-state index in [0.29, 0.717) is 0 Å². The van der Waals surface area contributed by atoms with E-state index in [9.17, 15) is 25.3 Å². The summed E-state index contributed by atoms with van der Waals surface area (Å²) in [5.74, 6) is -2.38. The average Bonchev–Trinajstić information content (AvgIpc) is 2.11. The quantitative estimate of drug-likeness (QED) is 0.205. The number of hydrogen-bond acceptors (Lipinski definition) is 6. The number of hydrogen-bond donors (Lipinski definition) is 3. The van der Waals surface area contributed by atoms with Crippen LogP contribution in [-0.4, -0.2) is 133 Å². The first kappa shape index (κ1) is 27.9. The molecule has 0 aliphatic carbocycles. The van der Waals surface area contributed by atoms with E-state index in [-0.39, 0.29) is 76.4 Å². The zero-order chi connectivity index (χ0) is 15.3. The zero-order valence-corrected chi connectivity index (χ0v) is 12.9. The topological polar surface area (TPSA) is 163 Å². The Morgan fingerprint density at radius 1 is 0.571 bits per heavy atom. The molecule has 0 aromatic rings. The molecule has 0 aliphatic heterocycles. The Balaban J connectivity index is -0.00000162. The van der Waals surface area contributed by atoms with Crippen molar-refractivity contribution in [3.05, 3.63) is 0 Å². The van der Waals surface area contributed by atoms with Crippen LogP contribution >= 0.6 is 0 Å². The first-order chi connectivity index (χ1) is 8.29. The summed E-state index contributed by atoms with van der Waals surface area (Å²) >= 11 is 0. The fourth-order valence-corrected chi connectivity index (χ4v) is 6.94. The summed E-state index contributed by atoms with van der Waals surface area (Å²) in [5.41, 5.74) is 0. The molecule has 21 heavy (non-hydrogen) atoms. The predicted octanol–water partition coefficient (Wildman–Crippen LogP) is -3.03. The molecule has 0 spiro atoms. The predicted molar refractivity (Wildman–Crippen MR) is 85.5 cm³/mol. The van der Waals surface area contributed by atoms with Crippen LogP contribution < -0.4 is 0 Å². The summed E-state index contributed by atoms with van der Waals surface area (Å²) in [4.78, 5) is 0. The molecule has 120 valence electrons. The van der Waals surface area contributed by atoms with Gasteiger partial charge in [0.15, 0.2) is 0 Å². The Hall–Kier alpha value is 2.08. The molecule has 0 aromatic heterocycles. The number of rotatable bonds is 9. The molecule has 0 heterocycles. The van der Waals surface area contributed by atoms with E-state index in [1.807, 2.05) is 0 Å². The first-order valence-corrected chi connectivity index (χ1v) is 11.3. The molecule has 0 aliphatic rings. The van der Waals surface area contributed by atoms with E-state index >= 15 is 0 Å². The van der Waals surface area contributed by atoms with Gasteiger partial charge in [-0.3, -0.25) is 13.7 Å². The van der Waals surface area contributed by atoms with Gasteiger partial charge in [0.25, 0.3) is 30.4 Å².